The summed E-state index contributed by atoms with van der Waals surface area (Å²) in [6.45, 7) is 0.959. The third kappa shape index (κ3) is 4.87. The number of hydrogen-bond donors (Lipinski definition) is 2. The SMILES string of the molecule is FC(F)(F)Sc1ccc(CNCc2nn[nH]n2)cc1. The van der Waals surface area contributed by atoms with Gasteiger partial charge in [-0.2, -0.15) is 18.4 Å². The third-order valence-corrected chi connectivity index (χ3v) is 2.90. The lowest BCUT2D eigenvalue weighted by molar-refractivity contribution is -0.0328. The molecule has 0 aliphatic carbocycles. The van der Waals surface area contributed by atoms with Gasteiger partial charge in [-0.25, -0.2) is 0 Å². The molecule has 0 saturated heterocycles. The Labute approximate surface area is 111 Å². The third-order valence-electron chi connectivity index (χ3n) is 2.16. The van der Waals surface area contributed by atoms with Crippen LogP contribution in [0.4, 0.5) is 13.2 Å². The van der Waals surface area contributed by atoms with Crippen molar-refractivity contribution in [3.8, 4) is 0 Å². The van der Waals surface area contributed by atoms with Gasteiger partial charge in [0.25, 0.3) is 0 Å². The molecule has 5 nitrogen and oxygen atoms in total. The topological polar surface area (TPSA) is 66.5 Å². The normalized spacial score (nSPS) is 11.7. The van der Waals surface area contributed by atoms with E-state index < -0.39 is 5.51 Å². The molecular formula is C10H10F3N5S. The largest absolute Gasteiger partial charge is 0.446 e. The van der Waals surface area contributed by atoms with Gasteiger partial charge in [0, 0.05) is 11.4 Å². The molecule has 0 amide bonds. The van der Waals surface area contributed by atoms with Crippen LogP contribution in [-0.4, -0.2) is 26.1 Å². The van der Waals surface area contributed by atoms with Crippen molar-refractivity contribution in [2.45, 2.75) is 23.5 Å². The Kier molecular flexibility index (Phi) is 4.38. The average Bonchev–Trinajstić information content (AvgIpc) is 2.82. The molecule has 102 valence electrons. The number of aromatic amines is 1. The molecule has 1 heterocycles. The number of halogens is 3. The van der Waals surface area contributed by atoms with Gasteiger partial charge >= 0.3 is 5.51 Å². The molecule has 0 fully saturated rings. The first-order valence-corrected chi connectivity index (χ1v) is 6.12. The lowest BCUT2D eigenvalue weighted by atomic mass is 10.2. The molecule has 0 spiro atoms. The summed E-state index contributed by atoms with van der Waals surface area (Å²) in [5.41, 5.74) is -3.37. The van der Waals surface area contributed by atoms with Crippen molar-refractivity contribution in [2.75, 3.05) is 0 Å². The van der Waals surface area contributed by atoms with E-state index in [0.29, 0.717) is 18.9 Å². The van der Waals surface area contributed by atoms with E-state index in [1.807, 2.05) is 0 Å². The summed E-state index contributed by atoms with van der Waals surface area (Å²) in [5.74, 6) is 0.532. The molecule has 0 radical (unpaired) electrons. The molecule has 0 atom stereocenters. The monoisotopic (exact) mass is 289 g/mol. The molecule has 2 rings (SSSR count). The summed E-state index contributed by atoms with van der Waals surface area (Å²) in [4.78, 5) is 0.175. The summed E-state index contributed by atoms with van der Waals surface area (Å²) in [5, 5.41) is 16.3. The number of aromatic nitrogens is 4. The zero-order chi connectivity index (χ0) is 13.7. The van der Waals surface area contributed by atoms with Crippen LogP contribution in [0.1, 0.15) is 11.4 Å². The second-order valence-corrected chi connectivity index (χ2v) is 4.76. The van der Waals surface area contributed by atoms with E-state index in [1.165, 1.54) is 12.1 Å². The first-order chi connectivity index (χ1) is 9.03. The summed E-state index contributed by atoms with van der Waals surface area (Å²) in [7, 11) is 0. The maximum atomic E-state index is 12.1. The maximum Gasteiger partial charge on any atom is 0.446 e. The Balaban J connectivity index is 1.81. The van der Waals surface area contributed by atoms with Gasteiger partial charge in [-0.3, -0.25) is 0 Å². The Morgan fingerprint density at radius 2 is 1.89 bits per heavy atom. The van der Waals surface area contributed by atoms with E-state index in [-0.39, 0.29) is 16.7 Å². The summed E-state index contributed by atoms with van der Waals surface area (Å²) < 4.78 is 36.4. The minimum Gasteiger partial charge on any atom is -0.306 e. The second-order valence-electron chi connectivity index (χ2n) is 3.62. The number of hydrogen-bond acceptors (Lipinski definition) is 5. The fraction of sp³-hybridized carbons (Fsp3) is 0.300. The van der Waals surface area contributed by atoms with Crippen molar-refractivity contribution < 1.29 is 13.2 Å². The molecule has 19 heavy (non-hydrogen) atoms. The standard InChI is InChI=1S/C10H10F3N5S/c11-10(12,13)19-8-3-1-7(2-4-8)5-14-6-9-15-17-18-16-9/h1-4,14H,5-6H2,(H,15,16,17,18). The second kappa shape index (κ2) is 6.02. The van der Waals surface area contributed by atoms with Crippen molar-refractivity contribution in [1.82, 2.24) is 25.9 Å². The first-order valence-electron chi connectivity index (χ1n) is 5.31. The highest BCUT2D eigenvalue weighted by Gasteiger charge is 2.28. The molecule has 0 aliphatic rings. The molecule has 0 aliphatic heterocycles. The summed E-state index contributed by atoms with van der Waals surface area (Å²) in [6, 6.07) is 6.20. The molecule has 0 bridgehead atoms. The van der Waals surface area contributed by atoms with Gasteiger partial charge in [0.1, 0.15) is 0 Å². The number of rotatable bonds is 5. The van der Waals surface area contributed by atoms with Crippen LogP contribution in [0, 0.1) is 0 Å². The Bertz CT molecular complexity index is 497. The number of benzene rings is 1. The minimum absolute atomic E-state index is 0.121. The van der Waals surface area contributed by atoms with Gasteiger partial charge in [-0.1, -0.05) is 17.3 Å². The smallest absolute Gasteiger partial charge is 0.306 e. The minimum atomic E-state index is -4.25. The Morgan fingerprint density at radius 3 is 2.47 bits per heavy atom. The van der Waals surface area contributed by atoms with Gasteiger partial charge < -0.3 is 5.32 Å². The number of thioether (sulfide) groups is 1. The Morgan fingerprint density at radius 1 is 1.16 bits per heavy atom. The van der Waals surface area contributed by atoms with Gasteiger partial charge in [0.15, 0.2) is 5.82 Å². The van der Waals surface area contributed by atoms with E-state index >= 15 is 0 Å². The number of nitrogens with zero attached hydrogens (tertiary/aromatic N) is 3. The number of nitrogens with one attached hydrogen (secondary N) is 2. The highest BCUT2D eigenvalue weighted by atomic mass is 32.2. The van der Waals surface area contributed by atoms with E-state index in [0.717, 1.165) is 5.56 Å². The molecular weight excluding hydrogens is 279 g/mol. The van der Waals surface area contributed by atoms with Crippen LogP contribution < -0.4 is 5.32 Å². The average molecular weight is 289 g/mol. The maximum absolute atomic E-state index is 12.1. The molecule has 1 aromatic carbocycles. The van der Waals surface area contributed by atoms with Crippen LogP contribution >= 0.6 is 11.8 Å². The zero-order valence-electron chi connectivity index (χ0n) is 9.61. The van der Waals surface area contributed by atoms with Crippen LogP contribution in [0.2, 0.25) is 0 Å². The molecule has 0 unspecified atom stereocenters. The predicted octanol–water partition coefficient (Wildman–Crippen LogP) is 2.10. The van der Waals surface area contributed by atoms with E-state index in [4.69, 9.17) is 0 Å². The lowest BCUT2D eigenvalue weighted by Gasteiger charge is -2.07. The van der Waals surface area contributed by atoms with E-state index in [2.05, 4.69) is 25.9 Å². The van der Waals surface area contributed by atoms with Crippen molar-refractivity contribution in [3.63, 3.8) is 0 Å². The molecule has 9 heteroatoms. The van der Waals surface area contributed by atoms with E-state index in [9.17, 15) is 13.2 Å². The van der Waals surface area contributed by atoms with Crippen molar-refractivity contribution in [2.24, 2.45) is 0 Å². The molecule has 2 N–H and O–H groups in total. The number of H-pyrrole nitrogens is 1. The quantitative estimate of drug-likeness (QED) is 0.825. The zero-order valence-corrected chi connectivity index (χ0v) is 10.4. The predicted molar refractivity (Wildman–Crippen MR) is 63.1 cm³/mol. The van der Waals surface area contributed by atoms with Gasteiger partial charge in [-0.15, -0.1) is 10.2 Å². The highest BCUT2D eigenvalue weighted by molar-refractivity contribution is 8.00. The number of tetrazole rings is 1. The fourth-order valence-corrected chi connectivity index (χ4v) is 1.92. The molecule has 2 aromatic rings. The molecule has 1 aromatic heterocycles. The summed E-state index contributed by atoms with van der Waals surface area (Å²) in [6.07, 6.45) is 0. The van der Waals surface area contributed by atoms with Crippen molar-refractivity contribution in [3.05, 3.63) is 35.7 Å². The lowest BCUT2D eigenvalue weighted by Crippen LogP contribution is -2.13. The van der Waals surface area contributed by atoms with Crippen LogP contribution in [0.5, 0.6) is 0 Å². The highest BCUT2D eigenvalue weighted by Crippen LogP contribution is 2.36. The first kappa shape index (κ1) is 13.8. The fourth-order valence-electron chi connectivity index (χ4n) is 1.39. The van der Waals surface area contributed by atoms with Crippen molar-refractivity contribution in [1.29, 1.82) is 0 Å². The molecule has 0 saturated carbocycles. The van der Waals surface area contributed by atoms with Crippen LogP contribution in [0.3, 0.4) is 0 Å². The van der Waals surface area contributed by atoms with Gasteiger partial charge in [-0.05, 0) is 29.5 Å². The van der Waals surface area contributed by atoms with E-state index in [1.54, 1.807) is 12.1 Å². The van der Waals surface area contributed by atoms with Crippen molar-refractivity contribution >= 4 is 11.8 Å². The summed E-state index contributed by atoms with van der Waals surface area (Å²) >= 11 is -0.121. The number of alkyl halides is 3. The van der Waals surface area contributed by atoms with Crippen LogP contribution in [0.25, 0.3) is 0 Å². The van der Waals surface area contributed by atoms with Gasteiger partial charge in [0.2, 0.25) is 0 Å². The van der Waals surface area contributed by atoms with Crippen LogP contribution in [0.15, 0.2) is 29.2 Å². The van der Waals surface area contributed by atoms with Gasteiger partial charge in [0.05, 0.1) is 6.54 Å². The Hall–Kier alpha value is -1.61. The van der Waals surface area contributed by atoms with Crippen LogP contribution in [-0.2, 0) is 13.1 Å².